The lowest BCUT2D eigenvalue weighted by Crippen LogP contribution is -2.18. The predicted octanol–water partition coefficient (Wildman–Crippen LogP) is 3.44. The molecule has 28 heavy (non-hydrogen) atoms. The highest BCUT2D eigenvalue weighted by atomic mass is 16.1. The van der Waals surface area contributed by atoms with E-state index in [-0.39, 0.29) is 30.0 Å². The fourth-order valence-corrected chi connectivity index (χ4v) is 3.17. The third kappa shape index (κ3) is 5.78. The molecule has 148 valence electrons. The van der Waals surface area contributed by atoms with Gasteiger partial charge in [-0.1, -0.05) is 63.2 Å². The fraction of sp³-hybridized carbons (Fsp3) is 0.348. The Bertz CT molecular complexity index is 864. The number of carbonyl (C=O) groups excluding carboxylic acids is 3. The zero-order chi connectivity index (χ0) is 20.9. The van der Waals surface area contributed by atoms with E-state index in [4.69, 9.17) is 11.5 Å². The van der Waals surface area contributed by atoms with Crippen molar-refractivity contribution in [3.05, 3.63) is 70.8 Å². The van der Waals surface area contributed by atoms with Crippen molar-refractivity contribution >= 4 is 17.6 Å². The van der Waals surface area contributed by atoms with E-state index in [2.05, 4.69) is 20.8 Å². The van der Waals surface area contributed by atoms with E-state index < -0.39 is 11.8 Å². The van der Waals surface area contributed by atoms with Gasteiger partial charge >= 0.3 is 0 Å². The van der Waals surface area contributed by atoms with Crippen molar-refractivity contribution in [2.24, 2.45) is 11.5 Å². The average Bonchev–Trinajstić information content (AvgIpc) is 2.63. The molecule has 1 atom stereocenters. The van der Waals surface area contributed by atoms with Crippen LogP contribution in [0.2, 0.25) is 0 Å². The molecule has 0 aliphatic heterocycles. The molecule has 5 nitrogen and oxygen atoms in total. The van der Waals surface area contributed by atoms with Gasteiger partial charge in [0, 0.05) is 24.0 Å². The molecule has 0 aliphatic carbocycles. The Kier molecular flexibility index (Phi) is 6.73. The quantitative estimate of drug-likeness (QED) is 0.686. The van der Waals surface area contributed by atoms with Crippen LogP contribution in [-0.2, 0) is 15.0 Å². The Morgan fingerprint density at radius 3 is 2.07 bits per heavy atom. The molecule has 0 spiro atoms. The summed E-state index contributed by atoms with van der Waals surface area (Å²) in [7, 11) is 0. The molecule has 2 aromatic rings. The van der Waals surface area contributed by atoms with Crippen molar-refractivity contribution in [2.45, 2.75) is 51.4 Å². The van der Waals surface area contributed by atoms with Crippen LogP contribution in [0.4, 0.5) is 0 Å². The number of carbonyl (C=O) groups is 3. The number of benzene rings is 2. The van der Waals surface area contributed by atoms with Crippen molar-refractivity contribution in [1.82, 2.24) is 0 Å². The third-order valence-electron chi connectivity index (χ3n) is 4.82. The van der Waals surface area contributed by atoms with Crippen molar-refractivity contribution in [3.8, 4) is 0 Å². The summed E-state index contributed by atoms with van der Waals surface area (Å²) >= 11 is 0. The fourth-order valence-electron chi connectivity index (χ4n) is 3.17. The minimum atomic E-state index is -0.455. The van der Waals surface area contributed by atoms with E-state index >= 15 is 0 Å². The number of hydrogen-bond acceptors (Lipinski definition) is 3. The van der Waals surface area contributed by atoms with Crippen LogP contribution in [0.3, 0.4) is 0 Å². The number of rotatable bonds is 8. The minimum Gasteiger partial charge on any atom is -0.370 e. The van der Waals surface area contributed by atoms with Crippen LogP contribution < -0.4 is 11.5 Å². The summed E-state index contributed by atoms with van der Waals surface area (Å²) in [5.74, 6) is -1.22. The van der Waals surface area contributed by atoms with Crippen LogP contribution in [0, 0.1) is 0 Å². The second-order valence-electron chi connectivity index (χ2n) is 8.15. The van der Waals surface area contributed by atoms with E-state index in [1.807, 2.05) is 30.3 Å². The maximum Gasteiger partial charge on any atom is 0.218 e. The van der Waals surface area contributed by atoms with Gasteiger partial charge in [-0.2, -0.15) is 0 Å². The molecule has 0 bridgehead atoms. The average molecular weight is 380 g/mol. The summed E-state index contributed by atoms with van der Waals surface area (Å²) < 4.78 is 0. The Labute approximate surface area is 166 Å². The molecule has 0 heterocycles. The Morgan fingerprint density at radius 2 is 1.54 bits per heavy atom. The molecule has 0 fully saturated rings. The third-order valence-corrected chi connectivity index (χ3v) is 4.82. The topological polar surface area (TPSA) is 103 Å². The molecule has 2 amide bonds. The molecule has 0 saturated heterocycles. The second-order valence-corrected chi connectivity index (χ2v) is 8.15. The largest absolute Gasteiger partial charge is 0.370 e. The number of hydrogen-bond donors (Lipinski definition) is 2. The first kappa shape index (κ1) is 21.4. The zero-order valence-electron chi connectivity index (χ0n) is 16.7. The van der Waals surface area contributed by atoms with Gasteiger partial charge in [0.15, 0.2) is 5.78 Å². The maximum atomic E-state index is 12.9. The van der Waals surface area contributed by atoms with Gasteiger partial charge in [-0.15, -0.1) is 0 Å². The molecule has 0 aliphatic rings. The molecule has 0 aromatic heterocycles. The van der Waals surface area contributed by atoms with Crippen LogP contribution in [0.1, 0.15) is 73.0 Å². The van der Waals surface area contributed by atoms with Crippen LogP contribution in [0.5, 0.6) is 0 Å². The number of ketones is 1. The molecule has 0 radical (unpaired) electrons. The van der Waals surface area contributed by atoms with Crippen molar-refractivity contribution < 1.29 is 14.4 Å². The molecule has 5 heteroatoms. The van der Waals surface area contributed by atoms with Crippen molar-refractivity contribution in [3.63, 3.8) is 0 Å². The van der Waals surface area contributed by atoms with Crippen molar-refractivity contribution in [1.29, 1.82) is 0 Å². The summed E-state index contributed by atoms with van der Waals surface area (Å²) in [4.78, 5) is 35.5. The van der Waals surface area contributed by atoms with E-state index in [0.29, 0.717) is 17.5 Å². The van der Waals surface area contributed by atoms with Crippen LogP contribution in [0.25, 0.3) is 0 Å². The van der Waals surface area contributed by atoms with E-state index in [1.165, 1.54) is 0 Å². The van der Waals surface area contributed by atoms with Gasteiger partial charge in [0.1, 0.15) is 0 Å². The number of amides is 2. The molecule has 2 rings (SSSR count). The standard InChI is InChI=1S/C23H28N2O3/c1-23(2,3)19-10-7-15(8-11-19)22(28)18-6-4-5-16(13-18)17(14-21(25)27)9-12-20(24)26/h4-8,10-11,13,17H,9,12,14H2,1-3H3,(H2,24,26)(H2,25,27). The van der Waals surface area contributed by atoms with Gasteiger partial charge in [0.2, 0.25) is 11.8 Å². The molecule has 4 N–H and O–H groups in total. The first-order valence-corrected chi connectivity index (χ1v) is 9.39. The molecule has 1 unspecified atom stereocenters. The van der Waals surface area contributed by atoms with E-state index in [1.54, 1.807) is 18.2 Å². The highest BCUT2D eigenvalue weighted by Crippen LogP contribution is 2.27. The summed E-state index contributed by atoms with van der Waals surface area (Å²) in [5.41, 5.74) is 13.7. The van der Waals surface area contributed by atoms with E-state index in [9.17, 15) is 14.4 Å². The molecular weight excluding hydrogens is 352 g/mol. The van der Waals surface area contributed by atoms with Gasteiger partial charge in [-0.25, -0.2) is 0 Å². The highest BCUT2D eigenvalue weighted by molar-refractivity contribution is 6.09. The lowest BCUT2D eigenvalue weighted by Gasteiger charge is -2.19. The van der Waals surface area contributed by atoms with Gasteiger partial charge in [0.25, 0.3) is 0 Å². The summed E-state index contributed by atoms with van der Waals surface area (Å²) in [5, 5.41) is 0. The molecular formula is C23H28N2O3. The van der Waals surface area contributed by atoms with Crippen LogP contribution in [0.15, 0.2) is 48.5 Å². The summed E-state index contributed by atoms with van der Waals surface area (Å²) in [6.07, 6.45) is 0.672. The Balaban J connectivity index is 2.28. The second kappa shape index (κ2) is 8.83. The maximum absolute atomic E-state index is 12.9. The van der Waals surface area contributed by atoms with E-state index in [0.717, 1.165) is 11.1 Å². The SMILES string of the molecule is CC(C)(C)c1ccc(C(=O)c2cccc(C(CCC(N)=O)CC(N)=O)c2)cc1. The lowest BCUT2D eigenvalue weighted by atomic mass is 9.86. The van der Waals surface area contributed by atoms with Gasteiger partial charge in [0.05, 0.1) is 0 Å². The molecule has 0 saturated carbocycles. The lowest BCUT2D eigenvalue weighted by molar-refractivity contribution is -0.120. The first-order chi connectivity index (χ1) is 13.1. The predicted molar refractivity (Wildman–Crippen MR) is 110 cm³/mol. The van der Waals surface area contributed by atoms with Crippen LogP contribution >= 0.6 is 0 Å². The van der Waals surface area contributed by atoms with Crippen molar-refractivity contribution in [2.75, 3.05) is 0 Å². The Morgan fingerprint density at radius 1 is 0.893 bits per heavy atom. The Hall–Kier alpha value is -2.95. The number of nitrogens with two attached hydrogens (primary N) is 2. The monoisotopic (exact) mass is 380 g/mol. The summed E-state index contributed by atoms with van der Waals surface area (Å²) in [6, 6.07) is 14.8. The van der Waals surface area contributed by atoms with Gasteiger partial charge < -0.3 is 11.5 Å². The first-order valence-electron chi connectivity index (χ1n) is 9.39. The minimum absolute atomic E-state index is 0.0178. The number of primary amides is 2. The summed E-state index contributed by atoms with van der Waals surface area (Å²) in [6.45, 7) is 6.37. The van der Waals surface area contributed by atoms with Gasteiger partial charge in [-0.3, -0.25) is 14.4 Å². The van der Waals surface area contributed by atoms with Crippen LogP contribution in [-0.4, -0.2) is 17.6 Å². The smallest absolute Gasteiger partial charge is 0.218 e. The van der Waals surface area contributed by atoms with Gasteiger partial charge in [-0.05, 0) is 34.9 Å². The zero-order valence-corrected chi connectivity index (χ0v) is 16.7. The normalized spacial score (nSPS) is 12.4. The highest BCUT2D eigenvalue weighted by Gasteiger charge is 2.19. The molecule has 2 aromatic carbocycles.